The summed E-state index contributed by atoms with van der Waals surface area (Å²) in [7, 11) is 0. The van der Waals surface area contributed by atoms with Gasteiger partial charge >= 0.3 is 29.6 Å². The molecule has 2 rings (SSSR count). The van der Waals surface area contributed by atoms with E-state index in [4.69, 9.17) is 0 Å². The molecule has 22 heavy (non-hydrogen) atoms. The summed E-state index contributed by atoms with van der Waals surface area (Å²) in [6, 6.07) is 14.3. The quantitative estimate of drug-likeness (QED) is 0.706. The summed E-state index contributed by atoms with van der Waals surface area (Å²) < 4.78 is 0. The van der Waals surface area contributed by atoms with Crippen molar-refractivity contribution in [3.63, 3.8) is 0 Å². The molecule has 0 radical (unpaired) electrons. The van der Waals surface area contributed by atoms with Crippen LogP contribution in [0.4, 0.5) is 0 Å². The van der Waals surface area contributed by atoms with E-state index < -0.39 is 0 Å². The minimum absolute atomic E-state index is 0. The minimum atomic E-state index is 0. The first kappa shape index (κ1) is 19.3. The molecule has 114 valence electrons. The Balaban J connectivity index is 0.00000242. The Morgan fingerprint density at radius 3 is 2.09 bits per heavy atom. The second-order valence-corrected chi connectivity index (χ2v) is 5.67. The molecule has 0 unspecified atom stereocenters. The first-order chi connectivity index (χ1) is 10.3. The van der Waals surface area contributed by atoms with Crippen LogP contribution in [0.2, 0.25) is 0 Å². The third-order valence-corrected chi connectivity index (χ3v) is 4.03. The van der Waals surface area contributed by atoms with Crippen molar-refractivity contribution < 1.29 is 5.11 Å². The molecule has 0 aliphatic rings. The number of aryl methyl sites for hydroxylation is 1. The summed E-state index contributed by atoms with van der Waals surface area (Å²) in [5.41, 5.74) is 4.91. The van der Waals surface area contributed by atoms with Crippen LogP contribution >= 0.6 is 0 Å². The van der Waals surface area contributed by atoms with E-state index in [1.807, 2.05) is 24.3 Å². The molecule has 1 N–H and O–H groups in total. The Bertz CT molecular complexity index is 563. The van der Waals surface area contributed by atoms with Crippen LogP contribution in [0.25, 0.3) is 11.1 Å². The maximum absolute atomic E-state index is 10.4. The molecule has 0 saturated heterocycles. The fraction of sp³-hybridized carbons (Fsp3) is 0.400. The van der Waals surface area contributed by atoms with Crippen LogP contribution in [0.1, 0.15) is 50.7 Å². The molecule has 2 aromatic rings. The van der Waals surface area contributed by atoms with Crippen LogP contribution in [0.3, 0.4) is 0 Å². The molecule has 0 atom stereocenters. The second kappa shape index (κ2) is 10.1. The van der Waals surface area contributed by atoms with E-state index >= 15 is 0 Å². The Hall–Kier alpha value is -0.760. The molecular weight excluding hydrogens is 279 g/mol. The van der Waals surface area contributed by atoms with Crippen LogP contribution in [-0.2, 0) is 12.8 Å². The van der Waals surface area contributed by atoms with Gasteiger partial charge in [0.25, 0.3) is 0 Å². The van der Waals surface area contributed by atoms with Gasteiger partial charge < -0.3 is 5.11 Å². The SMILES string of the molecule is CCCCc1ccc(O)c(-c2ccccc2)c1CCCC.[NaH]. The van der Waals surface area contributed by atoms with Gasteiger partial charge in [0.05, 0.1) is 0 Å². The zero-order valence-electron chi connectivity index (χ0n) is 13.2. The molecule has 0 aliphatic heterocycles. The van der Waals surface area contributed by atoms with Crippen LogP contribution < -0.4 is 0 Å². The van der Waals surface area contributed by atoms with Crippen molar-refractivity contribution in [2.24, 2.45) is 0 Å². The fourth-order valence-electron chi connectivity index (χ4n) is 2.85. The molecule has 2 aromatic carbocycles. The van der Waals surface area contributed by atoms with Gasteiger partial charge in [0.15, 0.2) is 0 Å². The van der Waals surface area contributed by atoms with Gasteiger partial charge in [-0.05, 0) is 48.4 Å². The molecule has 0 heterocycles. The van der Waals surface area contributed by atoms with Crippen molar-refractivity contribution in [1.29, 1.82) is 0 Å². The van der Waals surface area contributed by atoms with Gasteiger partial charge in [0.2, 0.25) is 0 Å². The van der Waals surface area contributed by atoms with E-state index in [1.165, 1.54) is 36.8 Å². The van der Waals surface area contributed by atoms with E-state index in [2.05, 4.69) is 32.0 Å². The van der Waals surface area contributed by atoms with E-state index in [-0.39, 0.29) is 29.6 Å². The molecule has 2 heteroatoms. The Morgan fingerprint density at radius 1 is 0.818 bits per heavy atom. The number of hydrogen-bond acceptors (Lipinski definition) is 1. The number of hydrogen-bond donors (Lipinski definition) is 1. The van der Waals surface area contributed by atoms with Crippen molar-refractivity contribution in [3.8, 4) is 16.9 Å². The molecule has 0 bridgehead atoms. The third kappa shape index (κ3) is 4.87. The van der Waals surface area contributed by atoms with Gasteiger partial charge in [0, 0.05) is 5.56 Å². The van der Waals surface area contributed by atoms with E-state index in [0.29, 0.717) is 5.75 Å². The van der Waals surface area contributed by atoms with Crippen LogP contribution in [-0.4, -0.2) is 34.7 Å². The van der Waals surface area contributed by atoms with Crippen LogP contribution in [0.15, 0.2) is 42.5 Å². The normalized spacial score (nSPS) is 10.3. The number of phenols is 1. The van der Waals surface area contributed by atoms with E-state index in [1.54, 1.807) is 0 Å². The van der Waals surface area contributed by atoms with Gasteiger partial charge in [0.1, 0.15) is 5.75 Å². The predicted octanol–water partition coefficient (Wildman–Crippen LogP) is 5.10. The summed E-state index contributed by atoms with van der Waals surface area (Å²) >= 11 is 0. The molecule has 1 nitrogen and oxygen atoms in total. The molecule has 0 spiro atoms. The molecule has 0 amide bonds. The van der Waals surface area contributed by atoms with E-state index in [0.717, 1.165) is 24.0 Å². The number of rotatable bonds is 7. The summed E-state index contributed by atoms with van der Waals surface area (Å²) in [4.78, 5) is 0. The van der Waals surface area contributed by atoms with Crippen molar-refractivity contribution in [3.05, 3.63) is 53.6 Å². The Kier molecular flexibility index (Phi) is 8.85. The van der Waals surface area contributed by atoms with Crippen LogP contribution in [0.5, 0.6) is 5.75 Å². The number of unbranched alkanes of at least 4 members (excludes halogenated alkanes) is 2. The summed E-state index contributed by atoms with van der Waals surface area (Å²) in [6.07, 6.45) is 6.91. The number of phenolic OH excluding ortho intramolecular Hbond substituents is 1. The average molecular weight is 306 g/mol. The van der Waals surface area contributed by atoms with Gasteiger partial charge in [-0.15, -0.1) is 0 Å². The fourth-order valence-corrected chi connectivity index (χ4v) is 2.85. The van der Waals surface area contributed by atoms with E-state index in [9.17, 15) is 5.11 Å². The zero-order chi connectivity index (χ0) is 15.1. The molecular formula is C20H27NaO. The van der Waals surface area contributed by atoms with Crippen molar-refractivity contribution in [1.82, 2.24) is 0 Å². The Morgan fingerprint density at radius 2 is 1.45 bits per heavy atom. The number of aromatic hydroxyl groups is 1. The summed E-state index contributed by atoms with van der Waals surface area (Å²) in [6.45, 7) is 4.45. The van der Waals surface area contributed by atoms with Crippen molar-refractivity contribution in [2.75, 3.05) is 0 Å². The van der Waals surface area contributed by atoms with Crippen molar-refractivity contribution >= 4 is 29.6 Å². The monoisotopic (exact) mass is 306 g/mol. The first-order valence-corrected chi connectivity index (χ1v) is 8.17. The topological polar surface area (TPSA) is 20.2 Å². The zero-order valence-corrected chi connectivity index (χ0v) is 13.2. The average Bonchev–Trinajstić information content (AvgIpc) is 2.52. The Labute approximate surface area is 157 Å². The number of benzene rings is 2. The standard InChI is InChI=1S/C20H26O.Na.H/c1-3-5-10-16-14-15-19(21)20(18(16)13-6-4-2)17-11-8-7-9-12-17;;/h7-9,11-12,14-15,21H,3-6,10,13H2,1-2H3;;. The second-order valence-electron chi connectivity index (χ2n) is 5.67. The molecule has 0 saturated carbocycles. The summed E-state index contributed by atoms with van der Waals surface area (Å²) in [5, 5.41) is 10.4. The van der Waals surface area contributed by atoms with Crippen LogP contribution in [0, 0.1) is 0 Å². The molecule has 0 aromatic heterocycles. The first-order valence-electron chi connectivity index (χ1n) is 8.17. The van der Waals surface area contributed by atoms with Gasteiger partial charge in [-0.25, -0.2) is 0 Å². The van der Waals surface area contributed by atoms with Gasteiger partial charge in [-0.2, -0.15) is 0 Å². The summed E-state index contributed by atoms with van der Waals surface area (Å²) in [5.74, 6) is 0.410. The molecule has 0 aliphatic carbocycles. The maximum atomic E-state index is 10.4. The predicted molar refractivity (Wildman–Crippen MR) is 97.9 cm³/mol. The van der Waals surface area contributed by atoms with Crippen molar-refractivity contribution in [2.45, 2.75) is 52.4 Å². The van der Waals surface area contributed by atoms with Gasteiger partial charge in [-0.1, -0.05) is 63.1 Å². The molecule has 0 fully saturated rings. The van der Waals surface area contributed by atoms with Gasteiger partial charge in [-0.3, -0.25) is 0 Å². The third-order valence-electron chi connectivity index (χ3n) is 4.03.